The highest BCUT2D eigenvalue weighted by atomic mass is 19.4. The van der Waals surface area contributed by atoms with Gasteiger partial charge < -0.3 is 19.3 Å². The number of carboxylic acid groups (broad SMARTS) is 1. The molecule has 37 heavy (non-hydrogen) atoms. The monoisotopic (exact) mass is 533 g/mol. The Morgan fingerprint density at radius 3 is 2.43 bits per heavy atom. The molecule has 0 saturated heterocycles. The summed E-state index contributed by atoms with van der Waals surface area (Å²) in [4.78, 5) is 23.5. The topological polar surface area (TPSA) is 85.3 Å². The minimum atomic E-state index is -4.79. The Morgan fingerprint density at radius 1 is 1.03 bits per heavy atom. The molecule has 0 aliphatic rings. The van der Waals surface area contributed by atoms with Gasteiger partial charge in [-0.05, 0) is 49.2 Å². The highest BCUT2D eigenvalue weighted by molar-refractivity contribution is 5.76. The summed E-state index contributed by atoms with van der Waals surface area (Å²) in [5.74, 6) is -1.86. The number of alkyl halides is 5. The molecule has 0 spiro atoms. The molecule has 0 amide bonds. The van der Waals surface area contributed by atoms with E-state index in [4.69, 9.17) is 14.6 Å². The van der Waals surface area contributed by atoms with Crippen LogP contribution in [0.25, 0.3) is 0 Å². The van der Waals surface area contributed by atoms with Gasteiger partial charge in [-0.1, -0.05) is 30.3 Å². The Labute approximate surface area is 210 Å². The van der Waals surface area contributed by atoms with E-state index in [-0.39, 0.29) is 31.7 Å². The number of para-hydroxylation sites is 1. The van der Waals surface area contributed by atoms with Crippen molar-refractivity contribution in [3.63, 3.8) is 0 Å². The third-order valence-electron chi connectivity index (χ3n) is 5.19. The minimum Gasteiger partial charge on any atom is -0.489 e. The number of aliphatic carboxylic acids is 1. The van der Waals surface area contributed by atoms with E-state index in [1.165, 1.54) is 25.2 Å². The Hall–Kier alpha value is -3.41. The number of benzene rings is 2. The first-order chi connectivity index (χ1) is 17.4. The van der Waals surface area contributed by atoms with Crippen LogP contribution in [0.5, 0.6) is 11.5 Å². The van der Waals surface area contributed by atoms with E-state index in [1.54, 1.807) is 30.3 Å². The van der Waals surface area contributed by atoms with Crippen LogP contribution in [0.15, 0.2) is 48.5 Å². The van der Waals surface area contributed by atoms with Gasteiger partial charge in [0.15, 0.2) is 0 Å². The van der Waals surface area contributed by atoms with Crippen LogP contribution in [0.1, 0.15) is 30.4 Å². The van der Waals surface area contributed by atoms with E-state index in [2.05, 4.69) is 4.74 Å². The number of esters is 1. The van der Waals surface area contributed by atoms with Crippen molar-refractivity contribution in [1.29, 1.82) is 0 Å². The van der Waals surface area contributed by atoms with Gasteiger partial charge in [0.25, 0.3) is 6.55 Å². The zero-order chi connectivity index (χ0) is 27.4. The SMILES string of the molecule is CN(CCC(COc1ccccc1CCc1cccc(OC(F)(F)F)c1)OC(=O)CCC(=O)O)C(F)F. The molecule has 2 aromatic rings. The molecule has 0 fully saturated rings. The normalized spacial score (nSPS) is 12.4. The summed E-state index contributed by atoms with van der Waals surface area (Å²) in [6.45, 7) is -2.97. The van der Waals surface area contributed by atoms with E-state index < -0.39 is 37.4 Å². The first kappa shape index (κ1) is 29.8. The van der Waals surface area contributed by atoms with Crippen LogP contribution in [0.4, 0.5) is 22.0 Å². The van der Waals surface area contributed by atoms with E-state index in [1.807, 2.05) is 0 Å². The molecule has 0 aliphatic heterocycles. The van der Waals surface area contributed by atoms with Gasteiger partial charge in [-0.2, -0.15) is 8.78 Å². The van der Waals surface area contributed by atoms with Gasteiger partial charge in [0.05, 0.1) is 12.8 Å². The lowest BCUT2D eigenvalue weighted by Gasteiger charge is -2.22. The molecular weight excluding hydrogens is 505 g/mol. The summed E-state index contributed by atoms with van der Waals surface area (Å²) in [5, 5.41) is 8.73. The van der Waals surface area contributed by atoms with Gasteiger partial charge in [0, 0.05) is 13.0 Å². The predicted molar refractivity (Wildman–Crippen MR) is 122 cm³/mol. The summed E-state index contributed by atoms with van der Waals surface area (Å²) in [5.41, 5.74) is 1.34. The molecule has 1 N–H and O–H groups in total. The summed E-state index contributed by atoms with van der Waals surface area (Å²) in [7, 11) is 1.21. The van der Waals surface area contributed by atoms with Crippen LogP contribution in [-0.2, 0) is 27.2 Å². The smallest absolute Gasteiger partial charge is 0.489 e. The second-order valence-corrected chi connectivity index (χ2v) is 8.17. The zero-order valence-electron chi connectivity index (χ0n) is 20.0. The fourth-order valence-electron chi connectivity index (χ4n) is 3.29. The second kappa shape index (κ2) is 14.4. The Kier molecular flexibility index (Phi) is 11.6. The van der Waals surface area contributed by atoms with Crippen LogP contribution < -0.4 is 9.47 Å². The summed E-state index contributed by atoms with van der Waals surface area (Å²) >= 11 is 0. The van der Waals surface area contributed by atoms with Crippen LogP contribution in [0.2, 0.25) is 0 Å². The van der Waals surface area contributed by atoms with E-state index in [9.17, 15) is 31.5 Å². The third kappa shape index (κ3) is 11.9. The molecule has 204 valence electrons. The molecule has 0 aromatic heterocycles. The van der Waals surface area contributed by atoms with Gasteiger partial charge in [0.1, 0.15) is 24.2 Å². The van der Waals surface area contributed by atoms with Gasteiger partial charge in [-0.15, -0.1) is 13.2 Å². The number of carboxylic acids is 1. The van der Waals surface area contributed by atoms with Crippen LogP contribution in [0.3, 0.4) is 0 Å². The minimum absolute atomic E-state index is 0.0216. The molecule has 7 nitrogen and oxygen atoms in total. The Bertz CT molecular complexity index is 1020. The summed E-state index contributed by atoms with van der Waals surface area (Å²) < 4.78 is 78.2. The maximum Gasteiger partial charge on any atom is 0.573 e. The van der Waals surface area contributed by atoms with Gasteiger partial charge in [-0.25, -0.2) is 0 Å². The average molecular weight is 533 g/mol. The van der Waals surface area contributed by atoms with Crippen LogP contribution >= 0.6 is 0 Å². The Balaban J connectivity index is 2.03. The molecule has 2 aromatic carbocycles. The number of carbonyl (C=O) groups excluding carboxylic acids is 1. The van der Waals surface area contributed by atoms with E-state index in [0.29, 0.717) is 24.2 Å². The molecular formula is C25H28F5NO6. The maximum absolute atomic E-state index is 12.8. The zero-order valence-corrected chi connectivity index (χ0v) is 20.0. The fraction of sp³-hybridized carbons (Fsp3) is 0.440. The van der Waals surface area contributed by atoms with Crippen molar-refractivity contribution in [1.82, 2.24) is 4.90 Å². The molecule has 2 rings (SSSR count). The number of carbonyl (C=O) groups is 2. The van der Waals surface area contributed by atoms with Crippen molar-refractivity contribution < 1.29 is 50.9 Å². The predicted octanol–water partition coefficient (Wildman–Crippen LogP) is 5.07. The fourth-order valence-corrected chi connectivity index (χ4v) is 3.29. The van der Waals surface area contributed by atoms with Crippen LogP contribution in [0, 0.1) is 0 Å². The lowest BCUT2D eigenvalue weighted by molar-refractivity contribution is -0.274. The molecule has 1 atom stereocenters. The number of rotatable bonds is 15. The first-order valence-corrected chi connectivity index (χ1v) is 11.4. The number of hydrogen-bond acceptors (Lipinski definition) is 6. The van der Waals surface area contributed by atoms with Crippen LogP contribution in [-0.4, -0.2) is 61.2 Å². The van der Waals surface area contributed by atoms with Crippen molar-refractivity contribution in [3.8, 4) is 11.5 Å². The van der Waals surface area contributed by atoms with E-state index in [0.717, 1.165) is 10.5 Å². The molecule has 1 unspecified atom stereocenters. The Morgan fingerprint density at radius 2 is 1.76 bits per heavy atom. The molecule has 0 radical (unpaired) electrons. The standard InChI is InChI=1S/C25H28F5NO6/c1-31(24(26)27)14-13-20(36-23(34)12-11-22(32)33)16-35-21-8-3-2-6-18(21)10-9-17-5-4-7-19(15-17)37-25(28,29)30/h2-8,15,20,24H,9-14,16H2,1H3,(H,32,33). The van der Waals surface area contributed by atoms with Crippen molar-refractivity contribution in [2.75, 3.05) is 20.2 Å². The van der Waals surface area contributed by atoms with Gasteiger partial charge in [-0.3, -0.25) is 14.5 Å². The lowest BCUT2D eigenvalue weighted by atomic mass is 10.0. The third-order valence-corrected chi connectivity index (χ3v) is 5.19. The number of ether oxygens (including phenoxy) is 3. The summed E-state index contributed by atoms with van der Waals surface area (Å²) in [6.07, 6.45) is -5.70. The van der Waals surface area contributed by atoms with Crippen molar-refractivity contribution in [2.24, 2.45) is 0 Å². The molecule has 0 saturated carbocycles. The highest BCUT2D eigenvalue weighted by Gasteiger charge is 2.31. The number of hydrogen-bond donors (Lipinski definition) is 1. The molecule has 0 aliphatic carbocycles. The highest BCUT2D eigenvalue weighted by Crippen LogP contribution is 2.25. The average Bonchev–Trinajstić information content (AvgIpc) is 2.82. The number of aryl methyl sites for hydroxylation is 2. The molecule has 0 heterocycles. The van der Waals surface area contributed by atoms with Gasteiger partial charge in [0.2, 0.25) is 0 Å². The lowest BCUT2D eigenvalue weighted by Crippen LogP contribution is -2.32. The van der Waals surface area contributed by atoms with E-state index >= 15 is 0 Å². The maximum atomic E-state index is 12.8. The second-order valence-electron chi connectivity index (χ2n) is 8.17. The van der Waals surface area contributed by atoms with Crippen molar-refractivity contribution >= 4 is 11.9 Å². The summed E-state index contributed by atoms with van der Waals surface area (Å²) in [6, 6.07) is 12.5. The number of halogens is 5. The quantitative estimate of drug-likeness (QED) is 0.194. The first-order valence-electron chi connectivity index (χ1n) is 11.4. The largest absolute Gasteiger partial charge is 0.573 e. The number of nitrogens with zero attached hydrogens (tertiary/aromatic N) is 1. The molecule has 0 bridgehead atoms. The van der Waals surface area contributed by atoms with Crippen molar-refractivity contribution in [2.45, 2.75) is 51.1 Å². The van der Waals surface area contributed by atoms with Gasteiger partial charge >= 0.3 is 18.3 Å². The molecule has 12 heteroatoms. The van der Waals surface area contributed by atoms with Crippen molar-refractivity contribution in [3.05, 3.63) is 59.7 Å².